The van der Waals surface area contributed by atoms with E-state index >= 15 is 0 Å². The molecule has 0 radical (unpaired) electrons. The highest BCUT2D eigenvalue weighted by molar-refractivity contribution is 6.09. The molecule has 0 spiro atoms. The molecule has 1 saturated heterocycles. The van der Waals surface area contributed by atoms with Gasteiger partial charge in [-0.1, -0.05) is 12.1 Å². The van der Waals surface area contributed by atoms with Gasteiger partial charge in [0.05, 0.1) is 5.69 Å². The minimum Gasteiger partial charge on any atom is -0.368 e. The number of anilines is 1. The average Bonchev–Trinajstić information content (AvgIpc) is 2.93. The Bertz CT molecular complexity index is 492. The van der Waals surface area contributed by atoms with Crippen molar-refractivity contribution in [2.45, 2.75) is 25.4 Å². The first kappa shape index (κ1) is 11.4. The van der Waals surface area contributed by atoms with Crippen LogP contribution in [0.3, 0.4) is 0 Å². The maximum Gasteiger partial charge on any atom is 0.256 e. The van der Waals surface area contributed by atoms with Gasteiger partial charge in [-0.05, 0) is 25.0 Å². The van der Waals surface area contributed by atoms with Crippen LogP contribution in [0.5, 0.6) is 0 Å². The van der Waals surface area contributed by atoms with E-state index < -0.39 is 0 Å². The van der Waals surface area contributed by atoms with Gasteiger partial charge in [0.15, 0.2) is 5.78 Å². The Morgan fingerprint density at radius 1 is 1.33 bits per heavy atom. The van der Waals surface area contributed by atoms with E-state index in [4.69, 9.17) is 4.74 Å². The van der Waals surface area contributed by atoms with Gasteiger partial charge in [-0.2, -0.15) is 0 Å². The zero-order chi connectivity index (χ0) is 12.5. The summed E-state index contributed by atoms with van der Waals surface area (Å²) in [5.41, 5.74) is 1.38. The number of hydrogen-bond donors (Lipinski definition) is 0. The number of fused-ring (bicyclic) bond motifs is 1. The van der Waals surface area contributed by atoms with Crippen molar-refractivity contribution in [2.75, 3.05) is 18.1 Å². The normalized spacial score (nSPS) is 23.0. The SMILES string of the molecule is O=C1CCN(C(=O)C2CCCO2)c2ccccc21. The third-order valence-corrected chi connectivity index (χ3v) is 3.53. The lowest BCUT2D eigenvalue weighted by Gasteiger charge is -2.30. The monoisotopic (exact) mass is 245 g/mol. The van der Waals surface area contributed by atoms with Crippen LogP contribution in [0.4, 0.5) is 5.69 Å². The second kappa shape index (κ2) is 4.53. The Morgan fingerprint density at radius 3 is 2.94 bits per heavy atom. The van der Waals surface area contributed by atoms with Gasteiger partial charge in [0, 0.05) is 25.1 Å². The predicted molar refractivity (Wildman–Crippen MR) is 66.7 cm³/mol. The zero-order valence-electron chi connectivity index (χ0n) is 10.1. The van der Waals surface area contributed by atoms with Crippen LogP contribution < -0.4 is 4.90 Å². The molecule has 1 aromatic carbocycles. The molecule has 0 bridgehead atoms. The van der Waals surface area contributed by atoms with E-state index in [9.17, 15) is 9.59 Å². The van der Waals surface area contributed by atoms with Crippen molar-refractivity contribution in [2.24, 2.45) is 0 Å². The Labute approximate surface area is 106 Å². The first-order chi connectivity index (χ1) is 8.77. The van der Waals surface area contributed by atoms with Crippen LogP contribution in [0.2, 0.25) is 0 Å². The van der Waals surface area contributed by atoms with Gasteiger partial charge in [0.1, 0.15) is 6.10 Å². The lowest BCUT2D eigenvalue weighted by molar-refractivity contribution is -0.127. The highest BCUT2D eigenvalue weighted by Gasteiger charge is 2.33. The quantitative estimate of drug-likeness (QED) is 0.757. The van der Waals surface area contributed by atoms with Gasteiger partial charge < -0.3 is 9.64 Å². The molecule has 4 heteroatoms. The van der Waals surface area contributed by atoms with Crippen molar-refractivity contribution in [1.82, 2.24) is 0 Å². The molecule has 94 valence electrons. The number of ether oxygens (including phenoxy) is 1. The summed E-state index contributed by atoms with van der Waals surface area (Å²) in [7, 11) is 0. The number of benzene rings is 1. The minimum atomic E-state index is -0.328. The molecule has 1 fully saturated rings. The summed E-state index contributed by atoms with van der Waals surface area (Å²) < 4.78 is 5.43. The lowest BCUT2D eigenvalue weighted by Crippen LogP contribution is -2.43. The van der Waals surface area contributed by atoms with Crippen LogP contribution >= 0.6 is 0 Å². The van der Waals surface area contributed by atoms with Crippen molar-refractivity contribution in [3.05, 3.63) is 29.8 Å². The van der Waals surface area contributed by atoms with Crippen molar-refractivity contribution >= 4 is 17.4 Å². The van der Waals surface area contributed by atoms with Gasteiger partial charge >= 0.3 is 0 Å². The number of rotatable bonds is 1. The number of carbonyl (C=O) groups excluding carboxylic acids is 2. The fraction of sp³-hybridized carbons (Fsp3) is 0.429. The number of ketones is 1. The molecule has 1 amide bonds. The smallest absolute Gasteiger partial charge is 0.256 e. The van der Waals surface area contributed by atoms with Gasteiger partial charge in [-0.15, -0.1) is 0 Å². The first-order valence-electron chi connectivity index (χ1n) is 6.32. The fourth-order valence-electron chi connectivity index (χ4n) is 2.59. The van der Waals surface area contributed by atoms with Crippen LogP contribution in [0.25, 0.3) is 0 Å². The van der Waals surface area contributed by atoms with Gasteiger partial charge in [0.2, 0.25) is 0 Å². The van der Waals surface area contributed by atoms with E-state index in [2.05, 4.69) is 0 Å². The first-order valence-corrected chi connectivity index (χ1v) is 6.32. The van der Waals surface area contributed by atoms with E-state index in [0.717, 1.165) is 18.5 Å². The molecule has 18 heavy (non-hydrogen) atoms. The van der Waals surface area contributed by atoms with Crippen LogP contribution in [-0.4, -0.2) is 30.9 Å². The molecule has 2 heterocycles. The molecule has 0 aliphatic carbocycles. The molecule has 3 rings (SSSR count). The van der Waals surface area contributed by atoms with Crippen molar-refractivity contribution in [1.29, 1.82) is 0 Å². The minimum absolute atomic E-state index is 0.00699. The molecule has 0 aromatic heterocycles. The summed E-state index contributed by atoms with van der Waals surface area (Å²) in [6.07, 6.45) is 1.79. The highest BCUT2D eigenvalue weighted by atomic mass is 16.5. The van der Waals surface area contributed by atoms with Crippen molar-refractivity contribution in [3.63, 3.8) is 0 Å². The molecule has 2 aliphatic heterocycles. The maximum atomic E-state index is 12.4. The molecule has 1 aromatic rings. The third kappa shape index (κ3) is 1.82. The fourth-order valence-corrected chi connectivity index (χ4v) is 2.59. The van der Waals surface area contributed by atoms with Crippen LogP contribution in [0, 0.1) is 0 Å². The highest BCUT2D eigenvalue weighted by Crippen LogP contribution is 2.28. The Kier molecular flexibility index (Phi) is 2.88. The van der Waals surface area contributed by atoms with Gasteiger partial charge in [0.25, 0.3) is 5.91 Å². The number of hydrogen-bond acceptors (Lipinski definition) is 3. The molecule has 0 N–H and O–H groups in total. The predicted octanol–water partition coefficient (Wildman–Crippen LogP) is 1.78. The van der Waals surface area contributed by atoms with E-state index in [0.29, 0.717) is 25.1 Å². The molecule has 1 unspecified atom stereocenters. The molecular weight excluding hydrogens is 230 g/mol. The maximum absolute atomic E-state index is 12.4. The summed E-state index contributed by atoms with van der Waals surface area (Å²) in [5.74, 6) is 0.106. The third-order valence-electron chi connectivity index (χ3n) is 3.53. The summed E-state index contributed by atoms with van der Waals surface area (Å²) in [6.45, 7) is 1.12. The molecule has 4 nitrogen and oxygen atoms in total. The second-order valence-corrected chi connectivity index (χ2v) is 4.68. The number of carbonyl (C=O) groups is 2. The topological polar surface area (TPSA) is 46.6 Å². The number of nitrogens with zero attached hydrogens (tertiary/aromatic N) is 1. The van der Waals surface area contributed by atoms with Crippen LogP contribution in [-0.2, 0) is 9.53 Å². The Morgan fingerprint density at radius 2 is 2.17 bits per heavy atom. The number of para-hydroxylation sites is 1. The van der Waals surface area contributed by atoms with E-state index in [1.54, 1.807) is 11.0 Å². The molecule has 2 aliphatic rings. The lowest BCUT2D eigenvalue weighted by atomic mass is 9.99. The molecular formula is C14H15NO3. The van der Waals surface area contributed by atoms with Gasteiger partial charge in [-0.3, -0.25) is 9.59 Å². The summed E-state index contributed by atoms with van der Waals surface area (Å²) in [4.78, 5) is 25.9. The summed E-state index contributed by atoms with van der Waals surface area (Å²) >= 11 is 0. The van der Waals surface area contributed by atoms with E-state index in [1.807, 2.05) is 18.2 Å². The van der Waals surface area contributed by atoms with Crippen LogP contribution in [0.15, 0.2) is 24.3 Å². The molecule has 1 atom stereocenters. The number of Topliss-reactive ketones (excluding diaryl/α,β-unsaturated/α-hetero) is 1. The Balaban J connectivity index is 1.92. The summed E-state index contributed by atoms with van der Waals surface area (Å²) in [6, 6.07) is 7.30. The van der Waals surface area contributed by atoms with Crippen molar-refractivity contribution < 1.29 is 14.3 Å². The van der Waals surface area contributed by atoms with Crippen molar-refractivity contribution in [3.8, 4) is 0 Å². The summed E-state index contributed by atoms with van der Waals surface area (Å²) in [5, 5.41) is 0. The Hall–Kier alpha value is -1.68. The van der Waals surface area contributed by atoms with E-state index in [-0.39, 0.29) is 17.8 Å². The second-order valence-electron chi connectivity index (χ2n) is 4.68. The van der Waals surface area contributed by atoms with Gasteiger partial charge in [-0.25, -0.2) is 0 Å². The number of amides is 1. The average molecular weight is 245 g/mol. The zero-order valence-corrected chi connectivity index (χ0v) is 10.1. The van der Waals surface area contributed by atoms with E-state index in [1.165, 1.54) is 0 Å². The standard InChI is InChI=1S/C14H15NO3/c16-12-7-8-15(11-5-2-1-4-10(11)12)14(17)13-6-3-9-18-13/h1-2,4-5,13H,3,6-9H2. The largest absolute Gasteiger partial charge is 0.368 e. The molecule has 0 saturated carbocycles. The van der Waals surface area contributed by atoms with Crippen LogP contribution in [0.1, 0.15) is 29.6 Å².